The average molecular weight is 150 g/mol. The van der Waals surface area contributed by atoms with Crippen LogP contribution >= 0.6 is 0 Å². The van der Waals surface area contributed by atoms with Gasteiger partial charge in [-0.3, -0.25) is 0 Å². The maximum atomic E-state index is 1.61. The monoisotopic (exact) mass is 150 g/mol. The van der Waals surface area contributed by atoms with Gasteiger partial charge in [0.2, 0.25) is 0 Å². The van der Waals surface area contributed by atoms with Gasteiger partial charge in [-0.25, -0.2) is 0 Å². The largest absolute Gasteiger partial charge is 0.0527 e. The molecular formula is C11H18. The minimum absolute atomic E-state index is 0.933. The molecule has 0 bridgehead atoms. The van der Waals surface area contributed by atoms with Crippen LogP contribution in [-0.4, -0.2) is 0 Å². The highest BCUT2D eigenvalue weighted by Crippen LogP contribution is 2.66. The molecule has 0 aromatic rings. The quantitative estimate of drug-likeness (QED) is 0.566. The van der Waals surface area contributed by atoms with Crippen LogP contribution in [0.15, 0.2) is 0 Å². The van der Waals surface area contributed by atoms with Crippen molar-refractivity contribution < 1.29 is 0 Å². The fourth-order valence-electron chi connectivity index (χ4n) is 3.21. The summed E-state index contributed by atoms with van der Waals surface area (Å²) in [5.41, 5.74) is 0.933. The summed E-state index contributed by atoms with van der Waals surface area (Å²) in [7, 11) is 0. The van der Waals surface area contributed by atoms with E-state index in [1.807, 2.05) is 0 Å². The van der Waals surface area contributed by atoms with Crippen molar-refractivity contribution in [2.45, 2.75) is 51.4 Å². The van der Waals surface area contributed by atoms with Gasteiger partial charge in [-0.15, -0.1) is 0 Å². The lowest BCUT2D eigenvalue weighted by atomic mass is 9.99. The molecule has 0 nitrogen and oxygen atoms in total. The Morgan fingerprint density at radius 1 is 1.09 bits per heavy atom. The van der Waals surface area contributed by atoms with Crippen molar-refractivity contribution in [1.82, 2.24) is 0 Å². The second-order valence-electron chi connectivity index (χ2n) is 5.15. The summed E-state index contributed by atoms with van der Waals surface area (Å²) in [5, 5.41) is 0. The maximum absolute atomic E-state index is 1.61. The number of hydrogen-bond acceptors (Lipinski definition) is 0. The summed E-state index contributed by atoms with van der Waals surface area (Å²) in [5.74, 6) is 2.37. The van der Waals surface area contributed by atoms with E-state index in [0.29, 0.717) is 0 Å². The number of rotatable bonds is 2. The van der Waals surface area contributed by atoms with E-state index in [0.717, 1.165) is 5.41 Å². The molecule has 0 amide bonds. The molecule has 0 aromatic heterocycles. The Balaban J connectivity index is 1.58. The Morgan fingerprint density at radius 3 is 2.45 bits per heavy atom. The standard InChI is InChI=1S/C11H18/c1-2-6-11(5-1)8-10(11)7-9-3-4-9/h9-10H,1-8H2. The summed E-state index contributed by atoms with van der Waals surface area (Å²) in [4.78, 5) is 0. The van der Waals surface area contributed by atoms with Crippen molar-refractivity contribution in [1.29, 1.82) is 0 Å². The SMILES string of the molecule is C1CCC2(C1)CC2CC1CC1. The van der Waals surface area contributed by atoms with Crippen molar-refractivity contribution in [3.63, 3.8) is 0 Å². The topological polar surface area (TPSA) is 0 Å². The van der Waals surface area contributed by atoms with Gasteiger partial charge >= 0.3 is 0 Å². The molecule has 0 saturated heterocycles. The lowest BCUT2D eigenvalue weighted by Crippen LogP contribution is -1.96. The highest BCUT2D eigenvalue weighted by molar-refractivity contribution is 5.05. The average Bonchev–Trinajstić information content (AvgIpc) is 2.84. The van der Waals surface area contributed by atoms with E-state index in [2.05, 4.69) is 0 Å². The van der Waals surface area contributed by atoms with Gasteiger partial charge < -0.3 is 0 Å². The molecule has 3 rings (SSSR count). The molecule has 0 heterocycles. The third-order valence-corrected chi connectivity index (χ3v) is 4.27. The van der Waals surface area contributed by atoms with E-state index in [-0.39, 0.29) is 0 Å². The van der Waals surface area contributed by atoms with Gasteiger partial charge in [-0.1, -0.05) is 25.7 Å². The van der Waals surface area contributed by atoms with Crippen molar-refractivity contribution in [3.8, 4) is 0 Å². The summed E-state index contributed by atoms with van der Waals surface area (Å²) in [6, 6.07) is 0. The normalized spacial score (nSPS) is 39.8. The fourth-order valence-corrected chi connectivity index (χ4v) is 3.21. The van der Waals surface area contributed by atoms with Crippen molar-refractivity contribution >= 4 is 0 Å². The Kier molecular flexibility index (Phi) is 1.20. The molecule has 62 valence electrons. The van der Waals surface area contributed by atoms with Crippen LogP contribution in [0.1, 0.15) is 51.4 Å². The summed E-state index contributed by atoms with van der Waals surface area (Å²) in [6.07, 6.45) is 12.6. The lowest BCUT2D eigenvalue weighted by molar-refractivity contribution is 0.442. The summed E-state index contributed by atoms with van der Waals surface area (Å²) >= 11 is 0. The van der Waals surface area contributed by atoms with E-state index in [1.54, 1.807) is 51.4 Å². The Hall–Kier alpha value is 0. The highest BCUT2D eigenvalue weighted by Gasteiger charge is 2.55. The fraction of sp³-hybridized carbons (Fsp3) is 1.00. The van der Waals surface area contributed by atoms with Crippen molar-refractivity contribution in [3.05, 3.63) is 0 Å². The van der Waals surface area contributed by atoms with Gasteiger partial charge in [-0.2, -0.15) is 0 Å². The van der Waals surface area contributed by atoms with Crippen LogP contribution < -0.4 is 0 Å². The van der Waals surface area contributed by atoms with Crippen molar-refractivity contribution in [2.75, 3.05) is 0 Å². The zero-order valence-corrected chi connectivity index (χ0v) is 7.31. The smallest absolute Gasteiger partial charge is 0.0266 e. The third kappa shape index (κ3) is 1.02. The first-order chi connectivity index (χ1) is 5.39. The van der Waals surface area contributed by atoms with Gasteiger partial charge in [0.25, 0.3) is 0 Å². The molecular weight excluding hydrogens is 132 g/mol. The van der Waals surface area contributed by atoms with Crippen LogP contribution in [0.3, 0.4) is 0 Å². The van der Waals surface area contributed by atoms with E-state index in [4.69, 9.17) is 0 Å². The molecule has 1 atom stereocenters. The Labute approximate surface area is 69.4 Å². The van der Waals surface area contributed by atoms with Crippen LogP contribution in [0.4, 0.5) is 0 Å². The first kappa shape index (κ1) is 6.51. The van der Waals surface area contributed by atoms with Crippen molar-refractivity contribution in [2.24, 2.45) is 17.3 Å². The molecule has 11 heavy (non-hydrogen) atoms. The molecule has 1 spiro atoms. The van der Waals surface area contributed by atoms with Gasteiger partial charge in [0.05, 0.1) is 0 Å². The van der Waals surface area contributed by atoms with Gasteiger partial charge in [0, 0.05) is 0 Å². The van der Waals surface area contributed by atoms with E-state index >= 15 is 0 Å². The molecule has 0 aliphatic heterocycles. The van der Waals surface area contributed by atoms with Crippen LogP contribution in [0.2, 0.25) is 0 Å². The molecule has 1 unspecified atom stereocenters. The summed E-state index contributed by atoms with van der Waals surface area (Å²) < 4.78 is 0. The first-order valence-corrected chi connectivity index (χ1v) is 5.39. The lowest BCUT2D eigenvalue weighted by Gasteiger charge is -2.06. The molecule has 3 aliphatic rings. The number of hydrogen-bond donors (Lipinski definition) is 0. The molecule has 0 heteroatoms. The molecule has 0 aromatic carbocycles. The first-order valence-electron chi connectivity index (χ1n) is 5.39. The van der Waals surface area contributed by atoms with Crippen LogP contribution in [0.25, 0.3) is 0 Å². The predicted octanol–water partition coefficient (Wildman–Crippen LogP) is 3.37. The van der Waals surface area contributed by atoms with E-state index < -0.39 is 0 Å². The zero-order valence-electron chi connectivity index (χ0n) is 7.31. The molecule has 3 saturated carbocycles. The molecule has 3 fully saturated rings. The minimum Gasteiger partial charge on any atom is -0.0527 e. The zero-order chi connectivity index (χ0) is 7.31. The summed E-state index contributed by atoms with van der Waals surface area (Å²) in [6.45, 7) is 0. The van der Waals surface area contributed by atoms with Gasteiger partial charge in [0.15, 0.2) is 0 Å². The second kappa shape index (κ2) is 2.02. The van der Waals surface area contributed by atoms with Crippen LogP contribution in [0.5, 0.6) is 0 Å². The van der Waals surface area contributed by atoms with E-state index in [9.17, 15) is 0 Å². The Morgan fingerprint density at radius 2 is 1.82 bits per heavy atom. The molecule has 0 N–H and O–H groups in total. The van der Waals surface area contributed by atoms with E-state index in [1.165, 1.54) is 11.8 Å². The predicted molar refractivity (Wildman–Crippen MR) is 46.3 cm³/mol. The third-order valence-electron chi connectivity index (χ3n) is 4.27. The maximum Gasteiger partial charge on any atom is -0.0266 e. The molecule has 0 radical (unpaired) electrons. The van der Waals surface area contributed by atoms with Crippen LogP contribution in [0, 0.1) is 17.3 Å². The van der Waals surface area contributed by atoms with Gasteiger partial charge in [0.1, 0.15) is 0 Å². The molecule has 3 aliphatic carbocycles. The highest BCUT2D eigenvalue weighted by atomic mass is 14.6. The van der Waals surface area contributed by atoms with Gasteiger partial charge in [-0.05, 0) is 42.9 Å². The Bertz CT molecular complexity index is 161. The van der Waals surface area contributed by atoms with Crippen LogP contribution in [-0.2, 0) is 0 Å². The minimum atomic E-state index is 0.933. The second-order valence-corrected chi connectivity index (χ2v) is 5.15.